The number of alkyl halides is 3. The monoisotopic (exact) mass is 241 g/mol. The van der Waals surface area contributed by atoms with Gasteiger partial charge in [-0.3, -0.25) is 0 Å². The molecule has 98 valence electrons. The summed E-state index contributed by atoms with van der Waals surface area (Å²) in [5, 5.41) is 3.10. The molecular weight excluding hydrogens is 219 g/mol. The third-order valence-corrected chi connectivity index (χ3v) is 2.54. The van der Waals surface area contributed by atoms with E-state index in [4.69, 9.17) is 4.74 Å². The molecule has 0 bridgehead atoms. The van der Waals surface area contributed by atoms with E-state index >= 15 is 0 Å². The lowest BCUT2D eigenvalue weighted by molar-refractivity contribution is -0.150. The number of hydrogen-bond acceptors (Lipinski definition) is 2. The van der Waals surface area contributed by atoms with Crippen LogP contribution in [-0.2, 0) is 4.74 Å². The van der Waals surface area contributed by atoms with Crippen LogP contribution in [0.15, 0.2) is 0 Å². The van der Waals surface area contributed by atoms with Crippen LogP contribution in [0.4, 0.5) is 13.2 Å². The molecule has 0 aliphatic heterocycles. The zero-order valence-corrected chi connectivity index (χ0v) is 10.2. The largest absolute Gasteiger partial charge is 0.391 e. The lowest BCUT2D eigenvalue weighted by atomic mass is 10.0. The topological polar surface area (TPSA) is 21.3 Å². The molecule has 16 heavy (non-hydrogen) atoms. The Balaban J connectivity index is 3.98. The van der Waals surface area contributed by atoms with Gasteiger partial charge in [0.25, 0.3) is 0 Å². The Bertz CT molecular complexity index is 173. The fourth-order valence-electron chi connectivity index (χ4n) is 1.67. The minimum absolute atomic E-state index is 0.132. The summed E-state index contributed by atoms with van der Waals surface area (Å²) in [6, 6.07) is 0.142. The molecule has 0 saturated heterocycles. The lowest BCUT2D eigenvalue weighted by Gasteiger charge is -2.26. The van der Waals surface area contributed by atoms with E-state index in [1.807, 2.05) is 20.9 Å². The molecule has 0 aromatic carbocycles. The van der Waals surface area contributed by atoms with Gasteiger partial charge in [-0.05, 0) is 19.9 Å². The van der Waals surface area contributed by atoms with Crippen molar-refractivity contribution in [2.24, 2.45) is 0 Å². The van der Waals surface area contributed by atoms with Crippen molar-refractivity contribution in [1.29, 1.82) is 0 Å². The van der Waals surface area contributed by atoms with Crippen LogP contribution >= 0.6 is 0 Å². The van der Waals surface area contributed by atoms with Crippen molar-refractivity contribution >= 4 is 0 Å². The summed E-state index contributed by atoms with van der Waals surface area (Å²) in [5.41, 5.74) is 0. The molecule has 5 heteroatoms. The quantitative estimate of drug-likeness (QED) is 0.705. The van der Waals surface area contributed by atoms with E-state index < -0.39 is 12.6 Å². The highest BCUT2D eigenvalue weighted by atomic mass is 19.4. The molecule has 0 rings (SSSR count). The van der Waals surface area contributed by atoms with Crippen LogP contribution in [0, 0.1) is 0 Å². The molecule has 2 nitrogen and oxygen atoms in total. The predicted molar refractivity (Wildman–Crippen MR) is 58.5 cm³/mol. The van der Waals surface area contributed by atoms with Gasteiger partial charge in [-0.2, -0.15) is 13.2 Å². The second-order valence-electron chi connectivity index (χ2n) is 3.87. The first kappa shape index (κ1) is 15.7. The minimum Gasteiger partial charge on any atom is -0.376 e. The van der Waals surface area contributed by atoms with Gasteiger partial charge >= 0.3 is 6.18 Å². The zero-order chi connectivity index (χ0) is 12.6. The summed E-state index contributed by atoms with van der Waals surface area (Å²) >= 11 is 0. The third-order valence-electron chi connectivity index (χ3n) is 2.54. The van der Waals surface area contributed by atoms with Gasteiger partial charge in [0.05, 0.1) is 19.1 Å². The van der Waals surface area contributed by atoms with Crippen molar-refractivity contribution in [3.63, 3.8) is 0 Å². The predicted octanol–water partition coefficient (Wildman–Crippen LogP) is 3.12. The second kappa shape index (κ2) is 7.90. The lowest BCUT2D eigenvalue weighted by Crippen LogP contribution is -2.39. The highest BCUT2D eigenvalue weighted by Gasteiger charge is 2.28. The van der Waals surface area contributed by atoms with E-state index in [1.54, 1.807) is 0 Å². The molecule has 0 spiro atoms. The van der Waals surface area contributed by atoms with Crippen LogP contribution in [0.25, 0.3) is 0 Å². The van der Waals surface area contributed by atoms with Gasteiger partial charge in [0.1, 0.15) is 0 Å². The molecule has 2 unspecified atom stereocenters. The molecular formula is C11H22F3NO. The maximum absolute atomic E-state index is 11.9. The Morgan fingerprint density at radius 3 is 2.25 bits per heavy atom. The molecule has 1 N–H and O–H groups in total. The van der Waals surface area contributed by atoms with Crippen molar-refractivity contribution in [2.45, 2.75) is 57.9 Å². The first-order valence-corrected chi connectivity index (χ1v) is 5.80. The van der Waals surface area contributed by atoms with Crippen molar-refractivity contribution in [3.8, 4) is 0 Å². The van der Waals surface area contributed by atoms with Crippen molar-refractivity contribution in [2.75, 3.05) is 13.7 Å². The molecule has 0 aliphatic rings. The van der Waals surface area contributed by atoms with Gasteiger partial charge in [0, 0.05) is 6.04 Å². The van der Waals surface area contributed by atoms with E-state index in [2.05, 4.69) is 5.32 Å². The van der Waals surface area contributed by atoms with Crippen LogP contribution in [-0.4, -0.2) is 32.0 Å². The molecule has 0 heterocycles. The fourth-order valence-corrected chi connectivity index (χ4v) is 1.67. The maximum Gasteiger partial charge on any atom is 0.391 e. The molecule has 0 amide bonds. The Morgan fingerprint density at radius 2 is 1.88 bits per heavy atom. The summed E-state index contributed by atoms with van der Waals surface area (Å²) in [6.45, 7) is 3.73. The Hall–Kier alpha value is -0.290. The van der Waals surface area contributed by atoms with Crippen molar-refractivity contribution in [3.05, 3.63) is 0 Å². The first-order valence-electron chi connectivity index (χ1n) is 5.80. The summed E-state index contributed by atoms with van der Waals surface area (Å²) in [7, 11) is 1.82. The number of rotatable bonds is 8. The molecule has 2 atom stereocenters. The zero-order valence-electron chi connectivity index (χ0n) is 10.2. The summed E-state index contributed by atoms with van der Waals surface area (Å²) < 4.78 is 41.1. The maximum atomic E-state index is 11.9. The van der Waals surface area contributed by atoms with Gasteiger partial charge in [0.15, 0.2) is 0 Å². The Labute approximate surface area is 95.5 Å². The van der Waals surface area contributed by atoms with E-state index in [1.165, 1.54) is 0 Å². The van der Waals surface area contributed by atoms with Crippen LogP contribution in [0.5, 0.6) is 0 Å². The second-order valence-corrected chi connectivity index (χ2v) is 3.87. The van der Waals surface area contributed by atoms with Gasteiger partial charge in [0.2, 0.25) is 0 Å². The molecule has 0 aromatic heterocycles. The van der Waals surface area contributed by atoms with Gasteiger partial charge in [-0.25, -0.2) is 0 Å². The highest BCUT2D eigenvalue weighted by molar-refractivity contribution is 4.74. The van der Waals surface area contributed by atoms with Gasteiger partial charge in [-0.15, -0.1) is 0 Å². The number of nitrogens with one attached hydrogen (secondary N) is 1. The smallest absolute Gasteiger partial charge is 0.376 e. The fraction of sp³-hybridized carbons (Fsp3) is 1.00. The van der Waals surface area contributed by atoms with Crippen molar-refractivity contribution in [1.82, 2.24) is 5.32 Å². The average Bonchev–Trinajstić information content (AvgIpc) is 2.20. The SMILES string of the molecule is CCCC(NC)C(CC)OCCC(F)(F)F. The molecule has 0 radical (unpaired) electrons. The number of hydrogen-bond donors (Lipinski definition) is 1. The van der Waals surface area contributed by atoms with E-state index in [9.17, 15) is 13.2 Å². The van der Waals surface area contributed by atoms with E-state index in [-0.39, 0.29) is 18.8 Å². The standard InChI is InChI=1S/C11H22F3NO/c1-4-6-9(15-3)10(5-2)16-8-7-11(12,13)14/h9-10,15H,4-8H2,1-3H3. The molecule has 0 aromatic rings. The first-order chi connectivity index (χ1) is 7.44. The van der Waals surface area contributed by atoms with Crippen molar-refractivity contribution < 1.29 is 17.9 Å². The van der Waals surface area contributed by atoms with Crippen LogP contribution in [0.1, 0.15) is 39.5 Å². The van der Waals surface area contributed by atoms with Crippen LogP contribution in [0.2, 0.25) is 0 Å². The number of likely N-dealkylation sites (N-methyl/N-ethyl adjacent to an activating group) is 1. The summed E-state index contributed by atoms with van der Waals surface area (Å²) in [4.78, 5) is 0. The Morgan fingerprint density at radius 1 is 1.25 bits per heavy atom. The van der Waals surface area contributed by atoms with E-state index in [0.717, 1.165) is 19.3 Å². The number of ether oxygens (including phenoxy) is 1. The normalized spacial score (nSPS) is 16.1. The van der Waals surface area contributed by atoms with E-state index in [0.29, 0.717) is 0 Å². The summed E-state index contributed by atoms with van der Waals surface area (Å²) in [6.07, 6.45) is -2.49. The van der Waals surface area contributed by atoms with Gasteiger partial charge in [-0.1, -0.05) is 20.3 Å². The van der Waals surface area contributed by atoms with Gasteiger partial charge < -0.3 is 10.1 Å². The van der Waals surface area contributed by atoms with Crippen LogP contribution in [0.3, 0.4) is 0 Å². The molecule has 0 aliphatic carbocycles. The summed E-state index contributed by atoms with van der Waals surface area (Å²) in [5.74, 6) is 0. The third kappa shape index (κ3) is 7.06. The van der Waals surface area contributed by atoms with Crippen LogP contribution < -0.4 is 5.32 Å². The molecule has 0 saturated carbocycles. The Kier molecular flexibility index (Phi) is 7.76. The highest BCUT2D eigenvalue weighted by Crippen LogP contribution is 2.20. The minimum atomic E-state index is -4.13. The molecule has 0 fully saturated rings. The average molecular weight is 241 g/mol. The number of halogens is 3.